The molecule has 1 aromatic heterocycles. The summed E-state index contributed by atoms with van der Waals surface area (Å²) in [6, 6.07) is 6.14. The Balaban J connectivity index is 2.01. The normalized spacial score (nSPS) is 27.3. The molecule has 4 heteroatoms. The van der Waals surface area contributed by atoms with Crippen molar-refractivity contribution < 1.29 is 4.74 Å². The van der Waals surface area contributed by atoms with E-state index in [1.54, 1.807) is 7.11 Å². The van der Waals surface area contributed by atoms with E-state index in [9.17, 15) is 0 Å². The molecule has 0 amide bonds. The highest BCUT2D eigenvalue weighted by atomic mass is 16.5. The Morgan fingerprint density at radius 3 is 2.78 bits per heavy atom. The maximum Gasteiger partial charge on any atom is 0.0607 e. The van der Waals surface area contributed by atoms with Crippen LogP contribution in [0.15, 0.2) is 18.2 Å². The molecule has 18 heavy (non-hydrogen) atoms. The van der Waals surface area contributed by atoms with Gasteiger partial charge >= 0.3 is 0 Å². The number of methoxy groups -OCH3 is 1. The summed E-state index contributed by atoms with van der Waals surface area (Å²) >= 11 is 0. The van der Waals surface area contributed by atoms with E-state index in [4.69, 9.17) is 10.5 Å². The lowest BCUT2D eigenvalue weighted by Gasteiger charge is -2.52. The maximum atomic E-state index is 5.95. The number of nitrogens with zero attached hydrogens (tertiary/aromatic N) is 2. The van der Waals surface area contributed by atoms with Gasteiger partial charge in [0, 0.05) is 31.4 Å². The Kier molecular flexibility index (Phi) is 4.00. The van der Waals surface area contributed by atoms with E-state index in [2.05, 4.69) is 29.1 Å². The van der Waals surface area contributed by atoms with Crippen LogP contribution in [0, 0.1) is 6.92 Å². The number of rotatable bonds is 5. The molecule has 0 spiro atoms. The molecule has 0 aromatic carbocycles. The summed E-state index contributed by atoms with van der Waals surface area (Å²) in [5.41, 5.74) is 8.21. The lowest BCUT2D eigenvalue weighted by Crippen LogP contribution is -2.62. The van der Waals surface area contributed by atoms with E-state index in [0.717, 1.165) is 30.8 Å². The lowest BCUT2D eigenvalue weighted by atomic mass is 9.73. The fourth-order valence-corrected chi connectivity index (χ4v) is 2.69. The molecule has 1 heterocycles. The topological polar surface area (TPSA) is 51.4 Å². The summed E-state index contributed by atoms with van der Waals surface area (Å²) in [7, 11) is 3.90. The zero-order valence-electron chi connectivity index (χ0n) is 11.5. The van der Waals surface area contributed by atoms with Gasteiger partial charge in [0.25, 0.3) is 0 Å². The third-order valence-electron chi connectivity index (χ3n) is 4.08. The number of hydrogen-bond acceptors (Lipinski definition) is 4. The van der Waals surface area contributed by atoms with Crippen LogP contribution in [-0.4, -0.2) is 42.2 Å². The van der Waals surface area contributed by atoms with Gasteiger partial charge in [-0.15, -0.1) is 0 Å². The Morgan fingerprint density at radius 2 is 2.22 bits per heavy atom. The predicted octanol–water partition coefficient (Wildman–Crippen LogP) is 1.33. The molecule has 0 unspecified atom stereocenters. The number of aromatic nitrogens is 1. The summed E-state index contributed by atoms with van der Waals surface area (Å²) < 4.78 is 5.36. The largest absolute Gasteiger partial charge is 0.381 e. The van der Waals surface area contributed by atoms with Crippen molar-refractivity contribution in [3.63, 3.8) is 0 Å². The Labute approximate surface area is 109 Å². The van der Waals surface area contributed by atoms with E-state index in [1.165, 1.54) is 0 Å². The van der Waals surface area contributed by atoms with E-state index >= 15 is 0 Å². The quantitative estimate of drug-likeness (QED) is 0.855. The van der Waals surface area contributed by atoms with Crippen LogP contribution in [0.2, 0.25) is 0 Å². The van der Waals surface area contributed by atoms with Gasteiger partial charge in [-0.1, -0.05) is 6.07 Å². The molecule has 0 aliphatic heterocycles. The first-order chi connectivity index (χ1) is 8.59. The fourth-order valence-electron chi connectivity index (χ4n) is 2.69. The van der Waals surface area contributed by atoms with Crippen LogP contribution in [0.4, 0.5) is 0 Å². The van der Waals surface area contributed by atoms with Crippen molar-refractivity contribution in [2.24, 2.45) is 5.73 Å². The van der Waals surface area contributed by atoms with Crippen LogP contribution < -0.4 is 5.73 Å². The molecule has 2 rings (SSSR count). The summed E-state index contributed by atoms with van der Waals surface area (Å²) in [5.74, 6) is 0. The second-order valence-electron chi connectivity index (χ2n) is 5.32. The highest BCUT2D eigenvalue weighted by Gasteiger charge is 2.46. The predicted molar refractivity (Wildman–Crippen MR) is 72.3 cm³/mol. The van der Waals surface area contributed by atoms with Crippen LogP contribution in [0.25, 0.3) is 0 Å². The first-order valence-corrected chi connectivity index (χ1v) is 6.46. The zero-order valence-corrected chi connectivity index (χ0v) is 11.5. The van der Waals surface area contributed by atoms with Crippen LogP contribution in [0.3, 0.4) is 0 Å². The highest BCUT2D eigenvalue weighted by molar-refractivity contribution is 5.12. The van der Waals surface area contributed by atoms with Gasteiger partial charge in [-0.2, -0.15) is 0 Å². The monoisotopic (exact) mass is 249 g/mol. The molecule has 0 bridgehead atoms. The van der Waals surface area contributed by atoms with Crippen molar-refractivity contribution in [3.05, 3.63) is 29.6 Å². The molecule has 1 aliphatic carbocycles. The van der Waals surface area contributed by atoms with Gasteiger partial charge in [0.05, 0.1) is 11.8 Å². The van der Waals surface area contributed by atoms with Crippen molar-refractivity contribution >= 4 is 0 Å². The van der Waals surface area contributed by atoms with E-state index in [1.807, 2.05) is 13.0 Å². The third kappa shape index (κ3) is 2.55. The Morgan fingerprint density at radius 1 is 1.50 bits per heavy atom. The number of nitrogens with two attached hydrogens (primary N) is 1. The molecule has 1 fully saturated rings. The average Bonchev–Trinajstić information content (AvgIpc) is 2.28. The second-order valence-corrected chi connectivity index (χ2v) is 5.32. The first-order valence-electron chi connectivity index (χ1n) is 6.46. The van der Waals surface area contributed by atoms with Gasteiger partial charge in [-0.3, -0.25) is 9.88 Å². The minimum absolute atomic E-state index is 0.0894. The molecule has 4 nitrogen and oxygen atoms in total. The first kappa shape index (κ1) is 13.5. The summed E-state index contributed by atoms with van der Waals surface area (Å²) in [6.07, 6.45) is 2.39. The van der Waals surface area contributed by atoms with Crippen molar-refractivity contribution in [1.82, 2.24) is 9.88 Å². The van der Waals surface area contributed by atoms with Gasteiger partial charge in [0.1, 0.15) is 0 Å². The molecule has 1 aromatic rings. The molecule has 0 radical (unpaired) electrons. The van der Waals surface area contributed by atoms with E-state index in [-0.39, 0.29) is 5.54 Å². The summed E-state index contributed by atoms with van der Waals surface area (Å²) in [6.45, 7) is 3.54. The molecule has 2 N–H and O–H groups in total. The van der Waals surface area contributed by atoms with E-state index in [0.29, 0.717) is 12.6 Å². The lowest BCUT2D eigenvalue weighted by molar-refractivity contribution is -0.0814. The summed E-state index contributed by atoms with van der Waals surface area (Å²) in [4.78, 5) is 6.87. The van der Waals surface area contributed by atoms with Crippen LogP contribution in [-0.2, 0) is 11.3 Å². The van der Waals surface area contributed by atoms with Gasteiger partial charge in [0.2, 0.25) is 0 Å². The van der Waals surface area contributed by atoms with Gasteiger partial charge in [-0.25, -0.2) is 0 Å². The van der Waals surface area contributed by atoms with Crippen LogP contribution >= 0.6 is 0 Å². The molecular formula is C14H23N3O. The maximum absolute atomic E-state index is 5.95. The SMILES string of the molecule is COC1CC(CN)(N(C)Cc2cccc(C)n2)C1. The standard InChI is InChI=1S/C14H23N3O/c1-11-5-4-6-12(16-11)9-17(2)14(10-15)7-13(8-14)18-3/h4-6,13H,7-10,15H2,1-3H3. The van der Waals surface area contributed by atoms with Crippen molar-refractivity contribution in [2.45, 2.75) is 38.0 Å². The zero-order chi connectivity index (χ0) is 13.2. The van der Waals surface area contributed by atoms with Crippen molar-refractivity contribution in [3.8, 4) is 0 Å². The number of ether oxygens (including phenoxy) is 1. The number of likely N-dealkylation sites (N-methyl/N-ethyl adjacent to an activating group) is 1. The smallest absolute Gasteiger partial charge is 0.0607 e. The molecule has 0 atom stereocenters. The van der Waals surface area contributed by atoms with E-state index < -0.39 is 0 Å². The summed E-state index contributed by atoms with van der Waals surface area (Å²) in [5, 5.41) is 0. The number of hydrogen-bond donors (Lipinski definition) is 1. The van der Waals surface area contributed by atoms with Crippen LogP contribution in [0.1, 0.15) is 24.2 Å². The second kappa shape index (κ2) is 5.34. The van der Waals surface area contributed by atoms with Crippen LogP contribution in [0.5, 0.6) is 0 Å². The van der Waals surface area contributed by atoms with Gasteiger partial charge in [0.15, 0.2) is 0 Å². The third-order valence-corrected chi connectivity index (χ3v) is 4.08. The molecule has 1 saturated carbocycles. The Hall–Kier alpha value is -0.970. The molecule has 100 valence electrons. The highest BCUT2D eigenvalue weighted by Crippen LogP contribution is 2.38. The van der Waals surface area contributed by atoms with Crippen molar-refractivity contribution in [1.29, 1.82) is 0 Å². The minimum Gasteiger partial charge on any atom is -0.381 e. The molecule has 1 aliphatic rings. The average molecular weight is 249 g/mol. The minimum atomic E-state index is 0.0894. The van der Waals surface area contributed by atoms with Gasteiger partial charge < -0.3 is 10.5 Å². The molecule has 0 saturated heterocycles. The Bertz CT molecular complexity index is 402. The number of aryl methyl sites for hydroxylation is 1. The molecular weight excluding hydrogens is 226 g/mol. The van der Waals surface area contributed by atoms with Gasteiger partial charge in [-0.05, 0) is 38.9 Å². The van der Waals surface area contributed by atoms with Crippen molar-refractivity contribution in [2.75, 3.05) is 20.7 Å². The number of pyridine rings is 1. The fraction of sp³-hybridized carbons (Fsp3) is 0.643.